The van der Waals surface area contributed by atoms with Crippen LogP contribution >= 0.6 is 0 Å². The fourth-order valence-corrected chi connectivity index (χ4v) is 2.66. The number of amides is 2. The van der Waals surface area contributed by atoms with Crippen LogP contribution in [0.25, 0.3) is 0 Å². The van der Waals surface area contributed by atoms with E-state index < -0.39 is 5.91 Å². The van der Waals surface area contributed by atoms with E-state index in [0.29, 0.717) is 17.5 Å². The fraction of sp³-hybridized carbons (Fsp3) is 0.412. The minimum absolute atomic E-state index is 0.131. The summed E-state index contributed by atoms with van der Waals surface area (Å²) in [6, 6.07) is 6.48. The van der Waals surface area contributed by atoms with Crippen molar-refractivity contribution in [3.63, 3.8) is 0 Å². The Labute approximate surface area is 140 Å². The van der Waals surface area contributed by atoms with E-state index in [2.05, 4.69) is 22.4 Å². The molecular formula is C17H20N4O3. The number of carbonyl (C=O) groups is 2. The van der Waals surface area contributed by atoms with Crippen molar-refractivity contribution < 1.29 is 14.1 Å². The lowest BCUT2D eigenvalue weighted by molar-refractivity contribution is 0.0691. The maximum absolute atomic E-state index is 12.5. The first-order chi connectivity index (χ1) is 11.5. The highest BCUT2D eigenvalue weighted by atomic mass is 16.5. The number of nitrogens with one attached hydrogen (secondary N) is 1. The molecule has 0 atom stereocenters. The fourth-order valence-electron chi connectivity index (χ4n) is 2.66. The smallest absolute Gasteiger partial charge is 0.275 e. The second-order valence-electron chi connectivity index (χ2n) is 6.16. The zero-order chi connectivity index (χ0) is 17.1. The molecule has 3 heterocycles. The number of carbonyl (C=O) groups excluding carboxylic acids is 2. The van der Waals surface area contributed by atoms with Gasteiger partial charge in [-0.05, 0) is 37.8 Å². The summed E-state index contributed by atoms with van der Waals surface area (Å²) in [7, 11) is 0. The third-order valence-electron chi connectivity index (χ3n) is 4.14. The number of aryl methyl sites for hydroxylation is 1. The molecule has 1 fully saturated rings. The van der Waals surface area contributed by atoms with E-state index in [1.807, 2.05) is 0 Å². The molecule has 1 saturated heterocycles. The Hall–Kier alpha value is -2.70. The second kappa shape index (κ2) is 6.82. The van der Waals surface area contributed by atoms with Gasteiger partial charge in [-0.1, -0.05) is 18.1 Å². The second-order valence-corrected chi connectivity index (χ2v) is 6.16. The van der Waals surface area contributed by atoms with Crippen LogP contribution < -0.4 is 5.32 Å². The Bertz CT molecular complexity index is 748. The van der Waals surface area contributed by atoms with Crippen LogP contribution in [0.5, 0.6) is 0 Å². The molecule has 1 aliphatic heterocycles. The lowest BCUT2D eigenvalue weighted by Gasteiger charge is -2.30. The molecule has 0 radical (unpaired) electrons. The van der Waals surface area contributed by atoms with Gasteiger partial charge in [0.15, 0.2) is 5.82 Å². The SMILES string of the molecule is Cc1cc(NC(=O)c2cccc(C(=O)N3CCC(C)CC3)n2)no1. The molecule has 7 nitrogen and oxygen atoms in total. The molecule has 0 spiro atoms. The number of likely N-dealkylation sites (tertiary alicyclic amines) is 1. The van der Waals surface area contributed by atoms with Gasteiger partial charge in [0.25, 0.3) is 11.8 Å². The van der Waals surface area contributed by atoms with Gasteiger partial charge < -0.3 is 14.7 Å². The summed E-state index contributed by atoms with van der Waals surface area (Å²) in [5, 5.41) is 6.31. The van der Waals surface area contributed by atoms with Gasteiger partial charge in [-0.2, -0.15) is 0 Å². The van der Waals surface area contributed by atoms with Crippen molar-refractivity contribution in [3.05, 3.63) is 41.4 Å². The van der Waals surface area contributed by atoms with Gasteiger partial charge in [-0.15, -0.1) is 0 Å². The number of hydrogen-bond donors (Lipinski definition) is 1. The van der Waals surface area contributed by atoms with Gasteiger partial charge in [0, 0.05) is 19.2 Å². The number of rotatable bonds is 3. The number of nitrogens with zero attached hydrogens (tertiary/aromatic N) is 3. The molecule has 126 valence electrons. The van der Waals surface area contributed by atoms with Crippen LogP contribution in [-0.4, -0.2) is 39.9 Å². The highest BCUT2D eigenvalue weighted by Crippen LogP contribution is 2.18. The van der Waals surface area contributed by atoms with Crippen molar-refractivity contribution in [2.24, 2.45) is 5.92 Å². The summed E-state index contributed by atoms with van der Waals surface area (Å²) in [6.07, 6.45) is 1.99. The first-order valence-corrected chi connectivity index (χ1v) is 8.04. The van der Waals surface area contributed by atoms with Crippen LogP contribution in [0.4, 0.5) is 5.82 Å². The van der Waals surface area contributed by atoms with Crippen molar-refractivity contribution in [1.82, 2.24) is 15.0 Å². The lowest BCUT2D eigenvalue weighted by Crippen LogP contribution is -2.38. The molecule has 2 aromatic rings. The van der Waals surface area contributed by atoms with Gasteiger partial charge in [-0.25, -0.2) is 4.98 Å². The normalized spacial score (nSPS) is 15.3. The predicted octanol–water partition coefficient (Wildman–Crippen LogP) is 2.50. The van der Waals surface area contributed by atoms with E-state index in [4.69, 9.17) is 4.52 Å². The van der Waals surface area contributed by atoms with E-state index in [1.54, 1.807) is 36.1 Å². The molecule has 0 unspecified atom stereocenters. The van der Waals surface area contributed by atoms with Gasteiger partial charge in [0.2, 0.25) is 0 Å². The van der Waals surface area contributed by atoms with E-state index in [1.165, 1.54) is 0 Å². The predicted molar refractivity (Wildman–Crippen MR) is 87.7 cm³/mol. The van der Waals surface area contributed by atoms with Crippen molar-refractivity contribution in [3.8, 4) is 0 Å². The first kappa shape index (κ1) is 16.2. The molecule has 2 amide bonds. The van der Waals surface area contributed by atoms with Crippen molar-refractivity contribution in [1.29, 1.82) is 0 Å². The Kier molecular flexibility index (Phi) is 4.59. The molecule has 0 aromatic carbocycles. The number of hydrogen-bond acceptors (Lipinski definition) is 5. The van der Waals surface area contributed by atoms with Gasteiger partial charge in [0.1, 0.15) is 17.1 Å². The average molecular weight is 328 g/mol. The Morgan fingerprint density at radius 2 is 1.96 bits per heavy atom. The van der Waals surface area contributed by atoms with Gasteiger partial charge in [-0.3, -0.25) is 9.59 Å². The third-order valence-corrected chi connectivity index (χ3v) is 4.14. The Morgan fingerprint density at radius 1 is 1.25 bits per heavy atom. The minimum atomic E-state index is -0.426. The van der Waals surface area contributed by atoms with Crippen LogP contribution in [0.15, 0.2) is 28.8 Å². The topological polar surface area (TPSA) is 88.3 Å². The van der Waals surface area contributed by atoms with Crippen LogP contribution in [0.3, 0.4) is 0 Å². The number of pyridine rings is 1. The van der Waals surface area contributed by atoms with E-state index in [9.17, 15) is 9.59 Å². The van der Waals surface area contributed by atoms with Gasteiger partial charge >= 0.3 is 0 Å². The minimum Gasteiger partial charge on any atom is -0.360 e. The summed E-state index contributed by atoms with van der Waals surface area (Å²) in [5.74, 6) is 1.01. The summed E-state index contributed by atoms with van der Waals surface area (Å²) in [5.41, 5.74) is 0.459. The quantitative estimate of drug-likeness (QED) is 0.935. The molecule has 0 bridgehead atoms. The lowest BCUT2D eigenvalue weighted by atomic mass is 9.99. The van der Waals surface area contributed by atoms with Crippen LogP contribution in [0.2, 0.25) is 0 Å². The molecular weight excluding hydrogens is 308 g/mol. The molecule has 0 saturated carbocycles. The zero-order valence-electron chi connectivity index (χ0n) is 13.8. The molecule has 24 heavy (non-hydrogen) atoms. The summed E-state index contributed by atoms with van der Waals surface area (Å²) >= 11 is 0. The summed E-state index contributed by atoms with van der Waals surface area (Å²) in [6.45, 7) is 5.39. The zero-order valence-corrected chi connectivity index (χ0v) is 13.8. The number of anilines is 1. The van der Waals surface area contributed by atoms with E-state index in [0.717, 1.165) is 25.9 Å². The Balaban J connectivity index is 1.71. The van der Waals surface area contributed by atoms with E-state index in [-0.39, 0.29) is 17.3 Å². The molecule has 7 heteroatoms. The standard InChI is InChI=1S/C17H20N4O3/c1-11-6-8-21(9-7-11)17(23)14-5-3-4-13(18-14)16(22)19-15-10-12(2)24-20-15/h3-5,10-11H,6-9H2,1-2H3,(H,19,20,22). The monoisotopic (exact) mass is 328 g/mol. The van der Waals surface area contributed by atoms with Crippen molar-refractivity contribution >= 4 is 17.6 Å². The molecule has 0 aliphatic carbocycles. The third kappa shape index (κ3) is 3.61. The van der Waals surface area contributed by atoms with Crippen molar-refractivity contribution in [2.45, 2.75) is 26.7 Å². The van der Waals surface area contributed by atoms with Crippen LogP contribution in [0, 0.1) is 12.8 Å². The molecule has 1 aliphatic rings. The average Bonchev–Trinajstić information content (AvgIpc) is 3.00. The largest absolute Gasteiger partial charge is 0.360 e. The maximum atomic E-state index is 12.5. The number of aromatic nitrogens is 2. The molecule has 1 N–H and O–H groups in total. The van der Waals surface area contributed by atoms with Crippen LogP contribution in [0.1, 0.15) is 46.5 Å². The summed E-state index contributed by atoms with van der Waals surface area (Å²) < 4.78 is 4.91. The maximum Gasteiger partial charge on any atom is 0.275 e. The highest BCUT2D eigenvalue weighted by molar-refractivity contribution is 6.03. The Morgan fingerprint density at radius 3 is 2.62 bits per heavy atom. The van der Waals surface area contributed by atoms with Gasteiger partial charge in [0.05, 0.1) is 0 Å². The van der Waals surface area contributed by atoms with Crippen LogP contribution in [-0.2, 0) is 0 Å². The van der Waals surface area contributed by atoms with Crippen molar-refractivity contribution in [2.75, 3.05) is 18.4 Å². The summed E-state index contributed by atoms with van der Waals surface area (Å²) in [4.78, 5) is 30.8. The molecule has 2 aromatic heterocycles. The van der Waals surface area contributed by atoms with E-state index >= 15 is 0 Å². The number of piperidine rings is 1. The first-order valence-electron chi connectivity index (χ1n) is 8.04. The molecule has 3 rings (SSSR count). The highest BCUT2D eigenvalue weighted by Gasteiger charge is 2.23.